The van der Waals surface area contributed by atoms with E-state index in [0.29, 0.717) is 11.7 Å². The molecule has 6 nitrogen and oxygen atoms in total. The van der Waals surface area contributed by atoms with Crippen molar-refractivity contribution >= 4 is 17.1 Å². The quantitative estimate of drug-likeness (QED) is 0.496. The first kappa shape index (κ1) is 12.2. The number of nitrogens with two attached hydrogens (primary N) is 1. The average Bonchev–Trinajstić information content (AvgIpc) is 2.85. The first-order chi connectivity index (χ1) is 9.16. The van der Waals surface area contributed by atoms with Crippen molar-refractivity contribution in [3.8, 4) is 0 Å². The highest BCUT2D eigenvalue weighted by atomic mass is 16.6. The summed E-state index contributed by atoms with van der Waals surface area (Å²) in [6.07, 6.45) is 2.42. The molecular formula is C13H18N4O2. The van der Waals surface area contributed by atoms with Crippen molar-refractivity contribution in [3.05, 3.63) is 28.3 Å². The van der Waals surface area contributed by atoms with E-state index in [1.54, 1.807) is 18.2 Å². The molecule has 6 heteroatoms. The Bertz CT molecular complexity index is 505. The normalized spacial score (nSPS) is 23.4. The zero-order chi connectivity index (χ0) is 13.4. The Kier molecular flexibility index (Phi) is 3.02. The Morgan fingerprint density at radius 2 is 2.16 bits per heavy atom. The van der Waals surface area contributed by atoms with Crippen LogP contribution in [0, 0.1) is 10.1 Å². The van der Waals surface area contributed by atoms with Crippen molar-refractivity contribution in [3.63, 3.8) is 0 Å². The molecule has 0 amide bonds. The summed E-state index contributed by atoms with van der Waals surface area (Å²) >= 11 is 0. The number of fused-ring (bicyclic) bond motifs is 1. The SMILES string of the molecule is Nc1cccc(N2CCN3CCC[C@@H]3C2)c1[N+](=O)[O-]. The van der Waals surface area contributed by atoms with Crippen LogP contribution in [-0.4, -0.2) is 42.0 Å². The number of anilines is 2. The van der Waals surface area contributed by atoms with Crippen LogP contribution in [-0.2, 0) is 0 Å². The summed E-state index contributed by atoms with van der Waals surface area (Å²) in [5.74, 6) is 0. The van der Waals surface area contributed by atoms with Crippen LogP contribution in [0.3, 0.4) is 0 Å². The molecule has 19 heavy (non-hydrogen) atoms. The average molecular weight is 262 g/mol. The van der Waals surface area contributed by atoms with Crippen LogP contribution in [0.15, 0.2) is 18.2 Å². The van der Waals surface area contributed by atoms with E-state index < -0.39 is 0 Å². The van der Waals surface area contributed by atoms with Crippen molar-refractivity contribution in [2.24, 2.45) is 0 Å². The van der Waals surface area contributed by atoms with Gasteiger partial charge in [-0.25, -0.2) is 0 Å². The van der Waals surface area contributed by atoms with Gasteiger partial charge in [0.05, 0.1) is 4.92 Å². The maximum atomic E-state index is 11.2. The van der Waals surface area contributed by atoms with Gasteiger partial charge in [0.25, 0.3) is 0 Å². The number of nitrogens with zero attached hydrogens (tertiary/aromatic N) is 3. The van der Waals surface area contributed by atoms with Gasteiger partial charge < -0.3 is 10.6 Å². The van der Waals surface area contributed by atoms with E-state index in [1.807, 2.05) is 0 Å². The van der Waals surface area contributed by atoms with Crippen LogP contribution >= 0.6 is 0 Å². The van der Waals surface area contributed by atoms with Crippen LogP contribution < -0.4 is 10.6 Å². The minimum atomic E-state index is -0.369. The van der Waals surface area contributed by atoms with Crippen LogP contribution in [0.1, 0.15) is 12.8 Å². The fourth-order valence-electron chi connectivity index (χ4n) is 3.21. The third-order valence-corrected chi connectivity index (χ3v) is 4.16. The second-order valence-electron chi connectivity index (χ2n) is 5.25. The van der Waals surface area contributed by atoms with Crippen molar-refractivity contribution in [2.45, 2.75) is 18.9 Å². The number of para-hydroxylation sites is 1. The molecule has 0 spiro atoms. The molecule has 102 valence electrons. The van der Waals surface area contributed by atoms with E-state index in [2.05, 4.69) is 9.80 Å². The molecule has 0 aromatic heterocycles. The first-order valence-corrected chi connectivity index (χ1v) is 6.68. The number of nitro benzene ring substituents is 1. The van der Waals surface area contributed by atoms with Gasteiger partial charge >= 0.3 is 5.69 Å². The second kappa shape index (κ2) is 4.70. The number of hydrogen-bond donors (Lipinski definition) is 1. The number of rotatable bonds is 2. The zero-order valence-corrected chi connectivity index (χ0v) is 10.8. The highest BCUT2D eigenvalue weighted by molar-refractivity contribution is 5.75. The number of piperazine rings is 1. The molecule has 2 saturated heterocycles. The lowest BCUT2D eigenvalue weighted by atomic mass is 10.1. The summed E-state index contributed by atoms with van der Waals surface area (Å²) in [7, 11) is 0. The van der Waals surface area contributed by atoms with Crippen molar-refractivity contribution in [2.75, 3.05) is 36.8 Å². The maximum absolute atomic E-state index is 11.2. The second-order valence-corrected chi connectivity index (χ2v) is 5.25. The van der Waals surface area contributed by atoms with Gasteiger partial charge in [0.1, 0.15) is 11.4 Å². The summed E-state index contributed by atoms with van der Waals surface area (Å²) in [6.45, 7) is 3.85. The third-order valence-electron chi connectivity index (χ3n) is 4.16. The van der Waals surface area contributed by atoms with Crippen LogP contribution in [0.4, 0.5) is 17.1 Å². The predicted molar refractivity (Wildman–Crippen MR) is 74.3 cm³/mol. The number of hydrogen-bond acceptors (Lipinski definition) is 5. The number of nitrogen functional groups attached to an aromatic ring is 1. The summed E-state index contributed by atoms with van der Waals surface area (Å²) in [5.41, 5.74) is 6.72. The lowest BCUT2D eigenvalue weighted by Crippen LogP contribution is -2.50. The molecule has 2 aliphatic rings. The van der Waals surface area contributed by atoms with Gasteiger partial charge in [-0.1, -0.05) is 6.07 Å². The largest absolute Gasteiger partial charge is 0.393 e. The molecule has 2 aliphatic heterocycles. The molecule has 0 aliphatic carbocycles. The Hall–Kier alpha value is -1.82. The molecule has 1 aromatic rings. The highest BCUT2D eigenvalue weighted by Crippen LogP contribution is 2.35. The molecule has 3 rings (SSSR count). The zero-order valence-electron chi connectivity index (χ0n) is 10.8. The minimum absolute atomic E-state index is 0.0500. The van der Waals surface area contributed by atoms with Gasteiger partial charge in [-0.15, -0.1) is 0 Å². The van der Waals surface area contributed by atoms with Gasteiger partial charge in [0, 0.05) is 25.7 Å². The third kappa shape index (κ3) is 2.12. The monoisotopic (exact) mass is 262 g/mol. The van der Waals surface area contributed by atoms with Gasteiger partial charge in [0.15, 0.2) is 0 Å². The Morgan fingerprint density at radius 1 is 1.32 bits per heavy atom. The summed E-state index contributed by atoms with van der Waals surface area (Å²) in [6, 6.07) is 5.72. The van der Waals surface area contributed by atoms with Crippen LogP contribution in [0.25, 0.3) is 0 Å². The van der Waals surface area contributed by atoms with E-state index >= 15 is 0 Å². The summed E-state index contributed by atoms with van der Waals surface area (Å²) in [5, 5.41) is 11.2. The Labute approximate surface area is 111 Å². The number of nitro groups is 1. The maximum Gasteiger partial charge on any atom is 0.315 e. The van der Waals surface area contributed by atoms with Crippen molar-refractivity contribution in [1.82, 2.24) is 4.90 Å². The fraction of sp³-hybridized carbons (Fsp3) is 0.538. The lowest BCUT2D eigenvalue weighted by Gasteiger charge is -2.38. The van der Waals surface area contributed by atoms with Gasteiger partial charge in [-0.05, 0) is 31.5 Å². The molecular weight excluding hydrogens is 244 g/mol. The molecule has 2 fully saturated rings. The molecule has 2 N–H and O–H groups in total. The highest BCUT2D eigenvalue weighted by Gasteiger charge is 2.33. The van der Waals surface area contributed by atoms with Crippen LogP contribution in [0.5, 0.6) is 0 Å². The van der Waals surface area contributed by atoms with E-state index in [9.17, 15) is 10.1 Å². The molecule has 0 bridgehead atoms. The van der Waals surface area contributed by atoms with E-state index in [1.165, 1.54) is 12.8 Å². The molecule has 0 saturated carbocycles. The van der Waals surface area contributed by atoms with Crippen molar-refractivity contribution in [1.29, 1.82) is 0 Å². The van der Waals surface area contributed by atoms with E-state index in [0.717, 1.165) is 26.2 Å². The minimum Gasteiger partial charge on any atom is -0.393 e. The Balaban J connectivity index is 1.90. The number of benzene rings is 1. The summed E-state index contributed by atoms with van der Waals surface area (Å²) in [4.78, 5) is 15.4. The topological polar surface area (TPSA) is 75.6 Å². The molecule has 0 unspecified atom stereocenters. The Morgan fingerprint density at radius 3 is 2.95 bits per heavy atom. The van der Waals surface area contributed by atoms with E-state index in [-0.39, 0.29) is 16.3 Å². The first-order valence-electron chi connectivity index (χ1n) is 6.68. The standard InChI is InChI=1S/C13H18N4O2/c14-11-4-1-5-12(13(11)17(18)19)16-8-7-15-6-2-3-10(15)9-16/h1,4-5,10H,2-3,6-9,14H2/t10-/m1/s1. The fourth-order valence-corrected chi connectivity index (χ4v) is 3.21. The lowest BCUT2D eigenvalue weighted by molar-refractivity contribution is -0.383. The van der Waals surface area contributed by atoms with Gasteiger partial charge in [0.2, 0.25) is 0 Å². The molecule has 1 aromatic carbocycles. The van der Waals surface area contributed by atoms with Crippen LogP contribution in [0.2, 0.25) is 0 Å². The van der Waals surface area contributed by atoms with Crippen molar-refractivity contribution < 1.29 is 4.92 Å². The molecule has 0 radical (unpaired) electrons. The van der Waals surface area contributed by atoms with Gasteiger partial charge in [-0.2, -0.15) is 0 Å². The smallest absolute Gasteiger partial charge is 0.315 e. The molecule has 2 heterocycles. The van der Waals surface area contributed by atoms with E-state index in [4.69, 9.17) is 5.73 Å². The predicted octanol–water partition coefficient (Wildman–Crippen LogP) is 1.46. The van der Waals surface area contributed by atoms with Gasteiger partial charge in [-0.3, -0.25) is 15.0 Å². The molecule has 1 atom stereocenters. The summed E-state index contributed by atoms with van der Waals surface area (Å²) < 4.78 is 0.